The second kappa shape index (κ2) is 3.46. The molecule has 3 rings (SSSR count). The van der Waals surface area contributed by atoms with Crippen LogP contribution in [-0.2, 0) is 0 Å². The Hall–Kier alpha value is -0.700. The van der Waals surface area contributed by atoms with Gasteiger partial charge in [0.15, 0.2) is 0 Å². The molecule has 2 heteroatoms. The van der Waals surface area contributed by atoms with E-state index >= 15 is 0 Å². The molecule has 2 unspecified atom stereocenters. The van der Waals surface area contributed by atoms with E-state index in [9.17, 15) is 0 Å². The summed E-state index contributed by atoms with van der Waals surface area (Å²) in [7, 11) is 1.94. The quantitative estimate of drug-likeness (QED) is 0.594. The zero-order chi connectivity index (χ0) is 9.38. The molecule has 1 aliphatic heterocycles. The smallest absolute Gasteiger partial charge is 0.00997 e. The third kappa shape index (κ3) is 1.31. The molecule has 0 N–H and O–H groups in total. The highest BCUT2D eigenvalue weighted by molar-refractivity contribution is 8.19. The van der Waals surface area contributed by atoms with Gasteiger partial charge >= 0.3 is 0 Å². The van der Waals surface area contributed by atoms with Crippen molar-refractivity contribution in [3.8, 4) is 11.1 Å². The van der Waals surface area contributed by atoms with Gasteiger partial charge < -0.3 is 0 Å². The fraction of sp³-hybridized carbons (Fsp3) is 0. The first-order chi connectivity index (χ1) is 6.95. The van der Waals surface area contributed by atoms with E-state index in [4.69, 9.17) is 0 Å². The van der Waals surface area contributed by atoms with Gasteiger partial charge in [-0.1, -0.05) is 65.1 Å². The second-order valence-electron chi connectivity index (χ2n) is 3.34. The van der Waals surface area contributed by atoms with Crippen LogP contribution in [0.5, 0.6) is 0 Å². The lowest BCUT2D eigenvalue weighted by Crippen LogP contribution is -2.10. The number of benzene rings is 2. The Morgan fingerprint density at radius 2 is 1.00 bits per heavy atom. The normalized spacial score (nSPS) is 16.6. The van der Waals surface area contributed by atoms with Crippen molar-refractivity contribution in [2.24, 2.45) is 0 Å². The molecule has 0 aliphatic carbocycles. The summed E-state index contributed by atoms with van der Waals surface area (Å²) >= 11 is 0. The van der Waals surface area contributed by atoms with E-state index in [1.165, 1.54) is 21.7 Å². The van der Waals surface area contributed by atoms with E-state index in [1.807, 2.05) is 0 Å². The number of fused-ring (bicyclic) bond motifs is 3. The second-order valence-corrected chi connectivity index (χ2v) is 6.42. The van der Waals surface area contributed by atoms with Crippen LogP contribution in [0.25, 0.3) is 11.1 Å². The first-order valence-electron chi connectivity index (χ1n) is 4.65. The van der Waals surface area contributed by atoms with Crippen LogP contribution in [0.15, 0.2) is 48.5 Å². The topological polar surface area (TPSA) is 0 Å². The summed E-state index contributed by atoms with van der Waals surface area (Å²) in [4.78, 5) is 0. The maximum Gasteiger partial charge on any atom is -0.00997 e. The number of rotatable bonds is 0. The molecule has 0 bridgehead atoms. The molecule has 0 aromatic heterocycles. The molecule has 0 amide bonds. The summed E-state index contributed by atoms with van der Waals surface area (Å²) in [6.45, 7) is 0. The summed E-state index contributed by atoms with van der Waals surface area (Å²) in [5, 5.41) is 3.06. The Bertz CT molecular complexity index is 432. The van der Waals surface area contributed by atoms with Gasteiger partial charge in [-0.05, 0) is 21.7 Å². The highest BCUT2D eigenvalue weighted by Gasteiger charge is 2.13. The average molecular weight is 216 g/mol. The molecular weight excluding hydrogens is 206 g/mol. The summed E-state index contributed by atoms with van der Waals surface area (Å²) < 4.78 is 0. The number of hydrogen-bond donors (Lipinski definition) is 0. The van der Waals surface area contributed by atoms with Crippen molar-refractivity contribution in [2.75, 3.05) is 0 Å². The molecule has 2 aromatic carbocycles. The maximum absolute atomic E-state index is 2.26. The van der Waals surface area contributed by atoms with Gasteiger partial charge in [-0.2, -0.15) is 0 Å². The molecule has 2 aromatic rings. The van der Waals surface area contributed by atoms with E-state index in [0.29, 0.717) is 0 Å². The minimum absolute atomic E-state index is 0.968. The van der Waals surface area contributed by atoms with E-state index in [-0.39, 0.29) is 0 Å². The van der Waals surface area contributed by atoms with E-state index in [2.05, 4.69) is 48.5 Å². The van der Waals surface area contributed by atoms with Gasteiger partial charge in [0.25, 0.3) is 0 Å². The molecule has 1 heterocycles. The summed E-state index contributed by atoms with van der Waals surface area (Å²) in [6.07, 6.45) is 0. The van der Waals surface area contributed by atoms with Crippen molar-refractivity contribution in [1.82, 2.24) is 0 Å². The fourth-order valence-electron chi connectivity index (χ4n) is 1.79. The van der Waals surface area contributed by atoms with E-state index in [0.717, 1.165) is 16.5 Å². The van der Waals surface area contributed by atoms with Crippen LogP contribution in [0.4, 0.5) is 0 Å². The Kier molecular flexibility index (Phi) is 2.13. The van der Waals surface area contributed by atoms with Crippen molar-refractivity contribution >= 4 is 27.1 Å². The van der Waals surface area contributed by atoms with Gasteiger partial charge in [-0.3, -0.25) is 0 Å². The molecular formula is C12H10P2. The molecule has 0 fully saturated rings. The number of hydrogen-bond acceptors (Lipinski definition) is 0. The van der Waals surface area contributed by atoms with Gasteiger partial charge in [0, 0.05) is 0 Å². The van der Waals surface area contributed by atoms with Crippen molar-refractivity contribution in [3.63, 3.8) is 0 Å². The summed E-state index contributed by atoms with van der Waals surface area (Å²) in [6, 6.07) is 17.6. The van der Waals surface area contributed by atoms with Gasteiger partial charge in [0.1, 0.15) is 0 Å². The molecule has 1 aliphatic rings. The largest absolute Gasteiger partial charge is 0.0627 e. The predicted molar refractivity (Wildman–Crippen MR) is 67.8 cm³/mol. The Morgan fingerprint density at radius 3 is 1.50 bits per heavy atom. The molecule has 2 atom stereocenters. The van der Waals surface area contributed by atoms with Crippen molar-refractivity contribution in [3.05, 3.63) is 48.5 Å². The average Bonchev–Trinajstić information content (AvgIpc) is 2.29. The van der Waals surface area contributed by atoms with Crippen molar-refractivity contribution in [1.29, 1.82) is 0 Å². The van der Waals surface area contributed by atoms with Crippen LogP contribution in [-0.4, -0.2) is 0 Å². The molecule has 68 valence electrons. The first kappa shape index (κ1) is 8.60. The lowest BCUT2D eigenvalue weighted by molar-refractivity contribution is 1.68. The third-order valence-corrected chi connectivity index (χ3v) is 6.00. The maximum atomic E-state index is 2.26. The van der Waals surface area contributed by atoms with E-state index < -0.39 is 0 Å². The summed E-state index contributed by atoms with van der Waals surface area (Å²) in [5.41, 5.74) is 2.89. The summed E-state index contributed by atoms with van der Waals surface area (Å²) in [5.74, 6) is 0. The standard InChI is InChI=1S/C12H10P2/c1-3-7-11-9(5-1)10-6-2-4-8-12(10)14-13-11/h1-8,13-14H. The van der Waals surface area contributed by atoms with Gasteiger partial charge in [-0.25, -0.2) is 0 Å². The van der Waals surface area contributed by atoms with Crippen LogP contribution in [0, 0.1) is 0 Å². The van der Waals surface area contributed by atoms with Gasteiger partial charge in [0.2, 0.25) is 0 Å². The predicted octanol–water partition coefficient (Wildman–Crippen LogP) is 2.89. The van der Waals surface area contributed by atoms with Gasteiger partial charge in [0.05, 0.1) is 0 Å². The Balaban J connectivity index is 2.29. The van der Waals surface area contributed by atoms with Crippen LogP contribution in [0.1, 0.15) is 0 Å². The monoisotopic (exact) mass is 216 g/mol. The molecule has 14 heavy (non-hydrogen) atoms. The zero-order valence-electron chi connectivity index (χ0n) is 7.62. The van der Waals surface area contributed by atoms with Crippen molar-refractivity contribution < 1.29 is 0 Å². The highest BCUT2D eigenvalue weighted by Crippen LogP contribution is 2.44. The third-order valence-electron chi connectivity index (χ3n) is 2.48. The van der Waals surface area contributed by atoms with Crippen LogP contribution >= 0.6 is 16.5 Å². The van der Waals surface area contributed by atoms with Crippen LogP contribution < -0.4 is 10.6 Å². The lowest BCUT2D eigenvalue weighted by Gasteiger charge is -2.18. The van der Waals surface area contributed by atoms with Gasteiger partial charge in [-0.15, -0.1) is 0 Å². The molecule has 0 spiro atoms. The van der Waals surface area contributed by atoms with Crippen molar-refractivity contribution in [2.45, 2.75) is 0 Å². The minimum atomic E-state index is 0.968. The molecule has 0 saturated heterocycles. The van der Waals surface area contributed by atoms with Crippen LogP contribution in [0.3, 0.4) is 0 Å². The minimum Gasteiger partial charge on any atom is -0.0627 e. The fourth-order valence-corrected chi connectivity index (χ4v) is 5.24. The Labute approximate surface area is 87.2 Å². The zero-order valence-corrected chi connectivity index (χ0v) is 9.62. The molecule has 0 nitrogen and oxygen atoms in total. The molecule has 0 radical (unpaired) electrons. The lowest BCUT2D eigenvalue weighted by atomic mass is 10.1. The highest BCUT2D eigenvalue weighted by atomic mass is 32.0. The first-order valence-corrected chi connectivity index (χ1v) is 7.65. The SMILES string of the molecule is c1ccc2c(c1)PPc1ccccc1-2. The Morgan fingerprint density at radius 1 is 0.571 bits per heavy atom. The van der Waals surface area contributed by atoms with Crippen LogP contribution in [0.2, 0.25) is 0 Å². The molecule has 0 saturated carbocycles. The van der Waals surface area contributed by atoms with E-state index in [1.54, 1.807) is 0 Å².